The van der Waals surface area contributed by atoms with Crippen LogP contribution >= 0.6 is 11.6 Å². The van der Waals surface area contributed by atoms with Crippen molar-refractivity contribution in [2.24, 2.45) is 0 Å². The van der Waals surface area contributed by atoms with E-state index < -0.39 is 60.9 Å². The van der Waals surface area contributed by atoms with Crippen molar-refractivity contribution in [2.45, 2.75) is 59.0 Å². The smallest absolute Gasteiger partial charge is 0.303 e. The first-order chi connectivity index (χ1) is 12.5. The molecule has 0 aromatic heterocycles. The summed E-state index contributed by atoms with van der Waals surface area (Å²) >= 11 is 5.81. The van der Waals surface area contributed by atoms with Gasteiger partial charge in [-0.3, -0.25) is 24.0 Å². The summed E-state index contributed by atoms with van der Waals surface area (Å²) in [5, 5.41) is 0. The molecule has 0 unspecified atom stereocenters. The molecule has 0 bridgehead atoms. The minimum atomic E-state index is -1.46. The molecule has 0 spiro atoms. The molecule has 0 aliphatic rings. The van der Waals surface area contributed by atoms with Gasteiger partial charge >= 0.3 is 29.8 Å². The highest BCUT2D eigenvalue weighted by Gasteiger charge is 2.43. The minimum absolute atomic E-state index is 0.324. The van der Waals surface area contributed by atoms with Gasteiger partial charge in [-0.2, -0.15) is 0 Å². The third-order valence-electron chi connectivity index (χ3n) is 2.90. The lowest BCUT2D eigenvalue weighted by Gasteiger charge is -2.34. The highest BCUT2D eigenvalue weighted by atomic mass is 35.5. The van der Waals surface area contributed by atoms with E-state index in [1.807, 2.05) is 0 Å². The van der Waals surface area contributed by atoms with E-state index in [0.29, 0.717) is 0 Å². The quantitative estimate of drug-likeness (QED) is 0.285. The summed E-state index contributed by atoms with van der Waals surface area (Å²) < 4.78 is 25.2. The maximum Gasteiger partial charge on any atom is 0.303 e. The normalized spacial score (nSPS) is 14.7. The lowest BCUT2D eigenvalue weighted by atomic mass is 10.0. The first kappa shape index (κ1) is 24.6. The molecule has 0 aromatic rings. The fourth-order valence-electron chi connectivity index (χ4n) is 2.10. The minimum Gasteiger partial charge on any atom is -0.462 e. The molecule has 0 aromatic carbocycles. The predicted octanol–water partition coefficient (Wildman–Crippen LogP) is 0.515. The molecule has 0 saturated heterocycles. The highest BCUT2D eigenvalue weighted by Crippen LogP contribution is 2.21. The Labute approximate surface area is 161 Å². The standard InChI is InChI=1S/C16H23ClO10/c1-8(18)23-7-14(25-10(3)20)16(27-12(5)22)15(26-11(4)21)13(6-17)24-9(2)19/h13-16H,6-7H2,1-5H3/t13-,14+,15+,16-/m1/s1. The summed E-state index contributed by atoms with van der Waals surface area (Å²) in [6.07, 6.45) is -5.46. The van der Waals surface area contributed by atoms with Gasteiger partial charge in [0.25, 0.3) is 0 Å². The zero-order valence-electron chi connectivity index (χ0n) is 15.7. The van der Waals surface area contributed by atoms with E-state index in [1.54, 1.807) is 0 Å². The molecule has 154 valence electrons. The van der Waals surface area contributed by atoms with Gasteiger partial charge in [-0.15, -0.1) is 11.6 Å². The van der Waals surface area contributed by atoms with Crippen LogP contribution < -0.4 is 0 Å². The molecule has 0 aliphatic carbocycles. The average Bonchev–Trinajstić information content (AvgIpc) is 2.51. The van der Waals surface area contributed by atoms with Crippen LogP contribution in [0.2, 0.25) is 0 Å². The van der Waals surface area contributed by atoms with Gasteiger partial charge in [-0.25, -0.2) is 0 Å². The van der Waals surface area contributed by atoms with Crippen LogP contribution in [0.15, 0.2) is 0 Å². The number of hydrogen-bond donors (Lipinski definition) is 0. The second-order valence-corrected chi connectivity index (χ2v) is 5.71. The molecule has 11 heteroatoms. The largest absolute Gasteiger partial charge is 0.462 e. The molecule has 0 rings (SSSR count). The Hall–Kier alpha value is -2.36. The van der Waals surface area contributed by atoms with E-state index in [-0.39, 0.29) is 5.88 Å². The van der Waals surface area contributed by atoms with E-state index in [9.17, 15) is 24.0 Å². The fourth-order valence-corrected chi connectivity index (χ4v) is 2.34. The number of hydrogen-bond acceptors (Lipinski definition) is 10. The lowest BCUT2D eigenvalue weighted by Crippen LogP contribution is -2.53. The Bertz CT molecular complexity index is 561. The summed E-state index contributed by atoms with van der Waals surface area (Å²) in [6, 6.07) is 0. The van der Waals surface area contributed by atoms with Gasteiger partial charge in [-0.1, -0.05) is 0 Å². The van der Waals surface area contributed by atoms with Crippen molar-refractivity contribution in [3.8, 4) is 0 Å². The van der Waals surface area contributed by atoms with E-state index in [4.69, 9.17) is 35.3 Å². The maximum atomic E-state index is 11.6. The number of carbonyl (C=O) groups is 5. The highest BCUT2D eigenvalue weighted by molar-refractivity contribution is 6.18. The lowest BCUT2D eigenvalue weighted by molar-refractivity contribution is -0.201. The van der Waals surface area contributed by atoms with Crippen molar-refractivity contribution in [3.63, 3.8) is 0 Å². The van der Waals surface area contributed by atoms with Crippen molar-refractivity contribution >= 4 is 41.4 Å². The number of ether oxygens (including phenoxy) is 5. The summed E-state index contributed by atoms with van der Waals surface area (Å²) in [4.78, 5) is 56.9. The van der Waals surface area contributed by atoms with E-state index in [1.165, 1.54) is 0 Å². The second-order valence-electron chi connectivity index (χ2n) is 5.40. The third-order valence-corrected chi connectivity index (χ3v) is 3.20. The van der Waals surface area contributed by atoms with Crippen molar-refractivity contribution in [2.75, 3.05) is 12.5 Å². The van der Waals surface area contributed by atoms with Crippen LogP contribution in [-0.2, 0) is 47.7 Å². The van der Waals surface area contributed by atoms with Crippen LogP contribution in [0.4, 0.5) is 0 Å². The van der Waals surface area contributed by atoms with E-state index in [0.717, 1.165) is 34.6 Å². The molecule has 10 nitrogen and oxygen atoms in total. The van der Waals surface area contributed by atoms with Crippen molar-refractivity contribution in [1.29, 1.82) is 0 Å². The van der Waals surface area contributed by atoms with Gasteiger partial charge in [0.1, 0.15) is 6.61 Å². The van der Waals surface area contributed by atoms with Gasteiger partial charge in [0.15, 0.2) is 24.4 Å². The third kappa shape index (κ3) is 10.4. The molecule has 0 saturated carbocycles. The Balaban J connectivity index is 5.96. The molecule has 0 amide bonds. The number of esters is 5. The van der Waals surface area contributed by atoms with E-state index >= 15 is 0 Å². The maximum absolute atomic E-state index is 11.6. The van der Waals surface area contributed by atoms with Crippen molar-refractivity contribution < 1.29 is 47.7 Å². The summed E-state index contributed by atoms with van der Waals surface area (Å²) in [5.74, 6) is -4.13. The van der Waals surface area contributed by atoms with Gasteiger partial charge in [0.2, 0.25) is 0 Å². The fraction of sp³-hybridized carbons (Fsp3) is 0.688. The average molecular weight is 411 g/mol. The molecule has 0 N–H and O–H groups in total. The molecule has 0 heterocycles. The second kappa shape index (κ2) is 12.1. The van der Waals surface area contributed by atoms with Gasteiger partial charge in [-0.05, 0) is 0 Å². The molecule has 0 radical (unpaired) electrons. The van der Waals surface area contributed by atoms with Crippen LogP contribution in [0.3, 0.4) is 0 Å². The molecule has 4 atom stereocenters. The number of rotatable bonds is 10. The number of carbonyl (C=O) groups excluding carboxylic acids is 5. The number of halogens is 1. The summed E-state index contributed by atoms with van der Waals surface area (Å²) in [6.45, 7) is 4.94. The Morgan fingerprint density at radius 2 is 1.00 bits per heavy atom. The van der Waals surface area contributed by atoms with Crippen LogP contribution in [0.5, 0.6) is 0 Å². The molecular weight excluding hydrogens is 388 g/mol. The molecule has 0 fully saturated rings. The zero-order valence-corrected chi connectivity index (χ0v) is 16.4. The molecule has 27 heavy (non-hydrogen) atoms. The Kier molecular flexibility index (Phi) is 11.0. The van der Waals surface area contributed by atoms with Crippen LogP contribution in [0, 0.1) is 0 Å². The first-order valence-corrected chi connectivity index (χ1v) is 8.39. The zero-order chi connectivity index (χ0) is 21.1. The predicted molar refractivity (Wildman–Crippen MR) is 89.6 cm³/mol. The van der Waals surface area contributed by atoms with Crippen molar-refractivity contribution in [1.82, 2.24) is 0 Å². The Morgan fingerprint density at radius 1 is 0.630 bits per heavy atom. The van der Waals surface area contributed by atoms with Crippen LogP contribution in [-0.4, -0.2) is 66.7 Å². The van der Waals surface area contributed by atoms with Crippen LogP contribution in [0.1, 0.15) is 34.6 Å². The monoisotopic (exact) mass is 410 g/mol. The van der Waals surface area contributed by atoms with Crippen LogP contribution in [0.25, 0.3) is 0 Å². The molecular formula is C16H23ClO10. The van der Waals surface area contributed by atoms with Gasteiger partial charge < -0.3 is 23.7 Å². The van der Waals surface area contributed by atoms with E-state index in [2.05, 4.69) is 0 Å². The first-order valence-electron chi connectivity index (χ1n) is 7.86. The molecule has 0 aliphatic heterocycles. The summed E-state index contributed by atoms with van der Waals surface area (Å²) in [7, 11) is 0. The summed E-state index contributed by atoms with van der Waals surface area (Å²) in [5.41, 5.74) is 0. The van der Waals surface area contributed by atoms with Crippen molar-refractivity contribution in [3.05, 3.63) is 0 Å². The SMILES string of the molecule is CC(=O)OC[C@H](OC(C)=O)[C@@H](OC(C)=O)[C@@H](OC(C)=O)[C@@H](CCl)OC(C)=O. The Morgan fingerprint density at radius 3 is 1.33 bits per heavy atom. The van der Waals surface area contributed by atoms with Gasteiger partial charge in [0.05, 0.1) is 5.88 Å². The number of alkyl halides is 1. The van der Waals surface area contributed by atoms with Gasteiger partial charge in [0, 0.05) is 34.6 Å². The topological polar surface area (TPSA) is 132 Å².